The summed E-state index contributed by atoms with van der Waals surface area (Å²) in [6.07, 6.45) is 0. The highest BCUT2D eigenvalue weighted by atomic mass is 16.5. The van der Waals surface area contributed by atoms with Crippen molar-refractivity contribution in [3.8, 4) is 5.75 Å². The highest BCUT2D eigenvalue weighted by Gasteiger charge is 2.27. The number of carbonyl (C=O) groups is 2. The Morgan fingerprint density at radius 1 is 1.04 bits per heavy atom. The number of morpholine rings is 1. The lowest BCUT2D eigenvalue weighted by atomic mass is 10.1. The van der Waals surface area contributed by atoms with Crippen molar-refractivity contribution in [2.45, 2.75) is 6.92 Å². The molecule has 0 radical (unpaired) electrons. The zero-order chi connectivity index (χ0) is 17.8. The molecular weight excluding hydrogens is 322 g/mol. The summed E-state index contributed by atoms with van der Waals surface area (Å²) in [5.74, 6) is -0.0738. The first kappa shape index (κ1) is 17.7. The minimum atomic E-state index is -0.179. The Bertz CT molecular complexity index is 635. The fourth-order valence-electron chi connectivity index (χ4n) is 3.20. The van der Waals surface area contributed by atoms with Crippen LogP contribution in [0.3, 0.4) is 0 Å². The number of hydrogen-bond acceptors (Lipinski definition) is 5. The van der Waals surface area contributed by atoms with Crippen LogP contribution in [0.25, 0.3) is 0 Å². The Morgan fingerprint density at radius 3 is 2.36 bits per heavy atom. The van der Waals surface area contributed by atoms with E-state index in [0.29, 0.717) is 51.5 Å². The average molecular weight is 347 g/mol. The van der Waals surface area contributed by atoms with Crippen LogP contribution in [-0.2, 0) is 9.53 Å². The first-order chi connectivity index (χ1) is 12.0. The van der Waals surface area contributed by atoms with Crippen LogP contribution in [0.2, 0.25) is 0 Å². The molecule has 1 aromatic rings. The average Bonchev–Trinajstić information content (AvgIpc) is 2.64. The molecule has 136 valence electrons. The molecule has 2 aliphatic heterocycles. The number of carbonyl (C=O) groups excluding carboxylic acids is 2. The summed E-state index contributed by atoms with van der Waals surface area (Å²) in [5.41, 5.74) is 1.26. The zero-order valence-corrected chi connectivity index (χ0v) is 14.6. The minimum absolute atomic E-state index is 0.00132. The molecule has 3 rings (SSSR count). The molecule has 0 aromatic heterocycles. The van der Waals surface area contributed by atoms with Gasteiger partial charge in [-0.1, -0.05) is 11.6 Å². The summed E-state index contributed by atoms with van der Waals surface area (Å²) in [4.78, 5) is 30.6. The van der Waals surface area contributed by atoms with Crippen LogP contribution in [0.1, 0.15) is 15.9 Å². The van der Waals surface area contributed by atoms with Crippen molar-refractivity contribution in [1.29, 1.82) is 0 Å². The van der Waals surface area contributed by atoms with Gasteiger partial charge in [-0.3, -0.25) is 14.5 Å². The van der Waals surface area contributed by atoms with Gasteiger partial charge < -0.3 is 19.6 Å². The summed E-state index contributed by atoms with van der Waals surface area (Å²) in [7, 11) is 0. The van der Waals surface area contributed by atoms with Gasteiger partial charge in [-0.05, 0) is 19.1 Å². The van der Waals surface area contributed by atoms with Gasteiger partial charge in [0.15, 0.2) is 0 Å². The van der Waals surface area contributed by atoms with Gasteiger partial charge in [0.2, 0.25) is 5.91 Å². The molecule has 0 atom stereocenters. The summed E-state index contributed by atoms with van der Waals surface area (Å²) in [6.45, 7) is 7.26. The van der Waals surface area contributed by atoms with E-state index in [1.165, 1.54) is 0 Å². The molecule has 0 aliphatic carbocycles. The second-order valence-corrected chi connectivity index (χ2v) is 6.58. The largest absolute Gasteiger partial charge is 0.507 e. The second kappa shape index (κ2) is 7.84. The Labute approximate surface area is 147 Å². The van der Waals surface area contributed by atoms with Crippen molar-refractivity contribution >= 4 is 11.8 Å². The number of aromatic hydroxyl groups is 1. The van der Waals surface area contributed by atoms with Crippen molar-refractivity contribution in [1.82, 2.24) is 14.7 Å². The minimum Gasteiger partial charge on any atom is -0.507 e. The van der Waals surface area contributed by atoms with Crippen molar-refractivity contribution in [3.05, 3.63) is 29.3 Å². The number of aryl methyl sites for hydroxylation is 1. The van der Waals surface area contributed by atoms with E-state index >= 15 is 0 Å². The van der Waals surface area contributed by atoms with E-state index in [1.54, 1.807) is 23.1 Å². The number of phenolic OH excluding ortho intramolecular Hbond substituents is 1. The molecule has 0 unspecified atom stereocenters. The normalized spacial score (nSPS) is 19.1. The van der Waals surface area contributed by atoms with E-state index in [2.05, 4.69) is 4.90 Å². The molecule has 2 aliphatic rings. The lowest BCUT2D eigenvalue weighted by molar-refractivity contribution is -0.134. The van der Waals surface area contributed by atoms with E-state index in [1.807, 2.05) is 11.8 Å². The van der Waals surface area contributed by atoms with Gasteiger partial charge in [0.25, 0.3) is 5.91 Å². The Morgan fingerprint density at radius 2 is 1.68 bits per heavy atom. The number of benzene rings is 1. The van der Waals surface area contributed by atoms with E-state index in [9.17, 15) is 14.7 Å². The van der Waals surface area contributed by atoms with Gasteiger partial charge in [0.05, 0.1) is 25.3 Å². The first-order valence-electron chi connectivity index (χ1n) is 8.71. The second-order valence-electron chi connectivity index (χ2n) is 6.58. The lowest BCUT2D eigenvalue weighted by Crippen LogP contribution is -2.53. The van der Waals surface area contributed by atoms with Gasteiger partial charge in [-0.25, -0.2) is 0 Å². The van der Waals surface area contributed by atoms with Crippen molar-refractivity contribution in [3.63, 3.8) is 0 Å². The predicted molar refractivity (Wildman–Crippen MR) is 92.6 cm³/mol. The van der Waals surface area contributed by atoms with E-state index < -0.39 is 0 Å². The van der Waals surface area contributed by atoms with Crippen LogP contribution in [0.4, 0.5) is 0 Å². The number of rotatable bonds is 3. The molecule has 1 N–H and O–H groups in total. The number of nitrogens with zero attached hydrogens (tertiary/aromatic N) is 3. The topological polar surface area (TPSA) is 73.3 Å². The SMILES string of the molecule is Cc1ccc(O)c(C(=O)N2CCN(C(=O)CN3CCOCC3)CC2)c1. The molecule has 2 saturated heterocycles. The molecule has 7 nitrogen and oxygen atoms in total. The smallest absolute Gasteiger partial charge is 0.257 e. The van der Waals surface area contributed by atoms with Crippen molar-refractivity contribution < 1.29 is 19.4 Å². The molecule has 2 heterocycles. The maximum atomic E-state index is 12.6. The lowest BCUT2D eigenvalue weighted by Gasteiger charge is -2.36. The van der Waals surface area contributed by atoms with Crippen LogP contribution >= 0.6 is 0 Å². The quantitative estimate of drug-likeness (QED) is 0.852. The van der Waals surface area contributed by atoms with Crippen LogP contribution < -0.4 is 0 Å². The Hall–Kier alpha value is -2.12. The van der Waals surface area contributed by atoms with Gasteiger partial charge in [-0.15, -0.1) is 0 Å². The van der Waals surface area contributed by atoms with E-state index in [4.69, 9.17) is 4.74 Å². The Balaban J connectivity index is 1.53. The molecule has 25 heavy (non-hydrogen) atoms. The highest BCUT2D eigenvalue weighted by molar-refractivity contribution is 5.97. The van der Waals surface area contributed by atoms with Crippen molar-refractivity contribution in [2.24, 2.45) is 0 Å². The fraction of sp³-hybridized carbons (Fsp3) is 0.556. The monoisotopic (exact) mass is 347 g/mol. The van der Waals surface area contributed by atoms with Crippen LogP contribution in [0, 0.1) is 6.92 Å². The van der Waals surface area contributed by atoms with Gasteiger partial charge >= 0.3 is 0 Å². The van der Waals surface area contributed by atoms with Gasteiger partial charge in [0.1, 0.15) is 5.75 Å². The standard InChI is InChI=1S/C18H25N3O4/c1-14-2-3-16(22)15(12-14)18(24)21-6-4-20(5-7-21)17(23)13-19-8-10-25-11-9-19/h2-3,12,22H,4-11,13H2,1H3. The third kappa shape index (κ3) is 4.29. The molecule has 2 amide bonds. The molecule has 1 aromatic carbocycles. The third-order valence-corrected chi connectivity index (χ3v) is 4.76. The van der Waals surface area contributed by atoms with Crippen LogP contribution in [0.15, 0.2) is 18.2 Å². The maximum absolute atomic E-state index is 12.6. The number of hydrogen-bond donors (Lipinski definition) is 1. The first-order valence-corrected chi connectivity index (χ1v) is 8.71. The predicted octanol–water partition coefficient (Wildman–Crippen LogP) is 0.317. The fourth-order valence-corrected chi connectivity index (χ4v) is 3.20. The summed E-state index contributed by atoms with van der Waals surface area (Å²) < 4.78 is 5.30. The van der Waals surface area contributed by atoms with Crippen LogP contribution in [-0.4, -0.2) is 90.6 Å². The maximum Gasteiger partial charge on any atom is 0.257 e. The van der Waals surface area contributed by atoms with Gasteiger partial charge in [-0.2, -0.15) is 0 Å². The molecule has 7 heteroatoms. The number of phenols is 1. The summed E-state index contributed by atoms with van der Waals surface area (Å²) in [5, 5.41) is 9.93. The molecule has 0 spiro atoms. The summed E-state index contributed by atoms with van der Waals surface area (Å²) in [6, 6.07) is 5.02. The highest BCUT2D eigenvalue weighted by Crippen LogP contribution is 2.21. The zero-order valence-electron chi connectivity index (χ0n) is 14.6. The number of amides is 2. The van der Waals surface area contributed by atoms with Crippen LogP contribution in [0.5, 0.6) is 5.75 Å². The van der Waals surface area contributed by atoms with E-state index in [-0.39, 0.29) is 17.6 Å². The molecule has 0 bridgehead atoms. The number of piperazine rings is 1. The Kier molecular flexibility index (Phi) is 5.55. The van der Waals surface area contributed by atoms with E-state index in [0.717, 1.165) is 18.7 Å². The number of ether oxygens (including phenoxy) is 1. The molecule has 2 fully saturated rings. The summed E-state index contributed by atoms with van der Waals surface area (Å²) >= 11 is 0. The van der Waals surface area contributed by atoms with Gasteiger partial charge in [0, 0.05) is 39.3 Å². The molecule has 0 saturated carbocycles. The third-order valence-electron chi connectivity index (χ3n) is 4.76. The van der Waals surface area contributed by atoms with Crippen molar-refractivity contribution in [2.75, 3.05) is 59.0 Å². The molecular formula is C18H25N3O4.